The first-order valence-corrected chi connectivity index (χ1v) is 9.41. The van der Waals surface area contributed by atoms with Crippen molar-refractivity contribution in [2.45, 2.75) is 40.3 Å². The molecule has 1 atom stereocenters. The molecule has 31 heavy (non-hydrogen) atoms. The minimum Gasteiger partial charge on any atom is -0.461 e. The van der Waals surface area contributed by atoms with Crippen molar-refractivity contribution in [2.75, 3.05) is 16.8 Å². The van der Waals surface area contributed by atoms with Crippen molar-refractivity contribution >= 4 is 29.3 Å². The number of aryl methyl sites for hydroxylation is 2. The lowest BCUT2D eigenvalue weighted by atomic mass is 9.85. The van der Waals surface area contributed by atoms with Gasteiger partial charge >= 0.3 is 5.97 Å². The van der Waals surface area contributed by atoms with Gasteiger partial charge in [-0.3, -0.25) is 10.1 Å². The Bertz CT molecular complexity index is 1200. The number of nitrogens with one attached hydrogen (secondary N) is 2. The first-order chi connectivity index (χ1) is 14.7. The van der Waals surface area contributed by atoms with Crippen LogP contribution >= 0.6 is 0 Å². The smallest absolute Gasteiger partial charge is 0.302 e. The largest absolute Gasteiger partial charge is 0.461 e. The Labute approximate surface area is 179 Å². The zero-order chi connectivity index (χ0) is 22.9. The molecule has 0 saturated carbocycles. The van der Waals surface area contributed by atoms with Gasteiger partial charge in [0.25, 0.3) is 0 Å². The number of ether oxygens (including phenoxy) is 1. The maximum atomic E-state index is 11.4. The Balaban J connectivity index is 2.30. The third kappa shape index (κ3) is 3.79. The number of guanidine groups is 1. The molecule has 1 aliphatic heterocycles. The Morgan fingerprint density at radius 3 is 2.58 bits per heavy atom. The second kappa shape index (κ2) is 8.20. The molecule has 158 valence electrons. The topological polar surface area (TPSA) is 175 Å². The van der Waals surface area contributed by atoms with Crippen LogP contribution in [0.15, 0.2) is 11.1 Å². The molecule has 1 aromatic heterocycles. The monoisotopic (exact) mass is 418 g/mol. The first kappa shape index (κ1) is 21.4. The lowest BCUT2D eigenvalue weighted by Crippen LogP contribution is -2.33. The molecule has 0 aliphatic carbocycles. The average Bonchev–Trinajstić information content (AvgIpc) is 2.67. The summed E-state index contributed by atoms with van der Waals surface area (Å²) in [7, 11) is 0. The number of nitrogen functional groups attached to an aromatic ring is 2. The van der Waals surface area contributed by atoms with Crippen LogP contribution in [-0.4, -0.2) is 16.9 Å². The van der Waals surface area contributed by atoms with Crippen molar-refractivity contribution in [3.05, 3.63) is 45.0 Å². The number of hydrogen-bond acceptors (Lipinski definition) is 10. The second-order valence-electron chi connectivity index (χ2n) is 7.21. The quantitative estimate of drug-likeness (QED) is 0.330. The lowest BCUT2D eigenvalue weighted by molar-refractivity contribution is -0.142. The van der Waals surface area contributed by atoms with E-state index in [0.717, 1.165) is 27.8 Å². The highest BCUT2D eigenvalue weighted by Crippen LogP contribution is 2.43. The number of pyridine rings is 1. The summed E-state index contributed by atoms with van der Waals surface area (Å²) >= 11 is 0. The summed E-state index contributed by atoms with van der Waals surface area (Å²) in [5, 5.41) is 24.0. The molecule has 1 unspecified atom stereocenters. The fraction of sp³-hybridized carbons (Fsp3) is 0.286. The molecule has 1 aromatic carbocycles. The van der Waals surface area contributed by atoms with Gasteiger partial charge in [-0.25, -0.2) is 9.98 Å². The number of carbonyl (C=O) groups excluding carboxylic acids is 1. The van der Waals surface area contributed by atoms with Gasteiger partial charge in [0.05, 0.1) is 5.69 Å². The van der Waals surface area contributed by atoms with Crippen LogP contribution in [-0.2, 0) is 16.1 Å². The molecule has 0 fully saturated rings. The van der Waals surface area contributed by atoms with E-state index in [0.29, 0.717) is 11.4 Å². The number of rotatable bonds is 3. The number of carbonyl (C=O) groups is 1. The van der Waals surface area contributed by atoms with E-state index < -0.39 is 6.04 Å². The molecule has 0 bridgehead atoms. The van der Waals surface area contributed by atoms with Crippen molar-refractivity contribution in [1.82, 2.24) is 10.3 Å². The maximum absolute atomic E-state index is 11.4. The number of anilines is 3. The molecule has 0 saturated heterocycles. The van der Waals surface area contributed by atoms with E-state index in [1.54, 1.807) is 0 Å². The fourth-order valence-electron chi connectivity index (χ4n) is 3.85. The molecule has 10 nitrogen and oxygen atoms in total. The molecule has 0 amide bonds. The normalized spacial score (nSPS) is 14.4. The van der Waals surface area contributed by atoms with E-state index in [-0.39, 0.29) is 35.6 Å². The zero-order valence-electron chi connectivity index (χ0n) is 17.6. The van der Waals surface area contributed by atoms with Gasteiger partial charge in [0.1, 0.15) is 35.9 Å². The molecule has 10 heteroatoms. The van der Waals surface area contributed by atoms with Crippen LogP contribution in [0.2, 0.25) is 0 Å². The maximum Gasteiger partial charge on any atom is 0.302 e. The second-order valence-corrected chi connectivity index (χ2v) is 7.21. The van der Waals surface area contributed by atoms with Gasteiger partial charge in [0.15, 0.2) is 6.19 Å². The number of fused-ring (bicyclic) bond motifs is 1. The summed E-state index contributed by atoms with van der Waals surface area (Å²) < 4.78 is 5.24. The Morgan fingerprint density at radius 1 is 1.26 bits per heavy atom. The molecule has 2 aromatic rings. The predicted molar refractivity (Wildman–Crippen MR) is 116 cm³/mol. The van der Waals surface area contributed by atoms with Gasteiger partial charge < -0.3 is 21.5 Å². The summed E-state index contributed by atoms with van der Waals surface area (Å²) in [5.41, 5.74) is 17.4. The van der Waals surface area contributed by atoms with E-state index in [4.69, 9.17) is 21.5 Å². The highest BCUT2D eigenvalue weighted by molar-refractivity contribution is 5.98. The highest BCUT2D eigenvalue weighted by Gasteiger charge is 2.32. The molecular weight excluding hydrogens is 396 g/mol. The number of nitrogens with zero attached hydrogens (tertiary/aromatic N) is 4. The zero-order valence-corrected chi connectivity index (χ0v) is 17.6. The van der Waals surface area contributed by atoms with Crippen LogP contribution in [0.1, 0.15) is 51.9 Å². The summed E-state index contributed by atoms with van der Waals surface area (Å²) in [4.78, 5) is 20.3. The summed E-state index contributed by atoms with van der Waals surface area (Å²) in [6.45, 7) is 7.26. The van der Waals surface area contributed by atoms with Crippen molar-refractivity contribution < 1.29 is 9.53 Å². The number of benzene rings is 1. The first-order valence-electron chi connectivity index (χ1n) is 9.41. The Morgan fingerprint density at radius 2 is 1.97 bits per heavy atom. The number of nitrogens with two attached hydrogens (primary N) is 2. The van der Waals surface area contributed by atoms with Gasteiger partial charge in [-0.2, -0.15) is 10.5 Å². The van der Waals surface area contributed by atoms with Crippen molar-refractivity contribution in [2.24, 2.45) is 4.99 Å². The Hall–Kier alpha value is -4.31. The predicted octanol–water partition coefficient (Wildman–Crippen LogP) is 2.05. The van der Waals surface area contributed by atoms with Crippen molar-refractivity contribution in [1.29, 1.82) is 10.5 Å². The van der Waals surface area contributed by atoms with Crippen molar-refractivity contribution in [3.63, 3.8) is 0 Å². The highest BCUT2D eigenvalue weighted by atomic mass is 16.5. The SMILES string of the molecule is CC(=O)OCc1c(C)cc(C)c(C2N=C(NC#N)Nc3nc(N)c(C#N)c(N)c32)c1C. The third-order valence-corrected chi connectivity index (χ3v) is 5.24. The molecule has 1 aliphatic rings. The van der Waals surface area contributed by atoms with E-state index in [2.05, 4.69) is 20.6 Å². The van der Waals surface area contributed by atoms with Crippen LogP contribution in [0, 0.1) is 43.6 Å². The fourth-order valence-corrected chi connectivity index (χ4v) is 3.85. The summed E-state index contributed by atoms with van der Waals surface area (Å²) in [6.07, 6.45) is 1.83. The van der Waals surface area contributed by atoms with Gasteiger partial charge in [-0.05, 0) is 48.6 Å². The number of aromatic nitrogens is 1. The number of aliphatic imine (C=N–C) groups is 1. The average molecular weight is 418 g/mol. The van der Waals surface area contributed by atoms with E-state index in [1.165, 1.54) is 6.92 Å². The van der Waals surface area contributed by atoms with E-state index in [9.17, 15) is 10.1 Å². The molecule has 0 spiro atoms. The van der Waals surface area contributed by atoms with E-state index in [1.807, 2.05) is 39.1 Å². The van der Waals surface area contributed by atoms with Gasteiger partial charge in [-0.15, -0.1) is 0 Å². The molecular formula is C21H22N8O2. The summed E-state index contributed by atoms with van der Waals surface area (Å²) in [5.74, 6) is 0.0925. The number of nitriles is 2. The minimum atomic E-state index is -0.663. The van der Waals surface area contributed by atoms with Gasteiger partial charge in [0.2, 0.25) is 5.96 Å². The van der Waals surface area contributed by atoms with Gasteiger partial charge in [-0.1, -0.05) is 6.07 Å². The number of hydrogen-bond donors (Lipinski definition) is 4. The number of esters is 1. The standard InChI is InChI=1S/C21H22N8O2/c1-9-5-10(2)15(11(3)14(9)7-31-12(4)30)18-16-17(24)13(6-22)19(25)28-20(16)29-21(27-18)26-8-23/h5,18H,7H2,1-4H3,(H6,24,25,26,27,28,29). The Kier molecular flexibility index (Phi) is 5.66. The molecule has 6 N–H and O–H groups in total. The molecule has 3 rings (SSSR count). The summed E-state index contributed by atoms with van der Waals surface area (Å²) in [6, 6.07) is 3.30. The van der Waals surface area contributed by atoms with Crippen LogP contribution in [0.5, 0.6) is 0 Å². The van der Waals surface area contributed by atoms with Crippen LogP contribution in [0.3, 0.4) is 0 Å². The van der Waals surface area contributed by atoms with Crippen LogP contribution in [0.4, 0.5) is 17.3 Å². The molecule has 0 radical (unpaired) electrons. The third-order valence-electron chi connectivity index (χ3n) is 5.24. The van der Waals surface area contributed by atoms with Crippen LogP contribution in [0.25, 0.3) is 0 Å². The molecule has 2 heterocycles. The lowest BCUT2D eigenvalue weighted by Gasteiger charge is -2.29. The van der Waals surface area contributed by atoms with Crippen molar-refractivity contribution in [3.8, 4) is 12.3 Å². The minimum absolute atomic E-state index is 0.0175. The van der Waals surface area contributed by atoms with Crippen LogP contribution < -0.4 is 22.1 Å². The van der Waals surface area contributed by atoms with E-state index >= 15 is 0 Å². The van der Waals surface area contributed by atoms with Gasteiger partial charge in [0, 0.05) is 12.5 Å².